The molecule has 0 unspecified atom stereocenters. The number of nitrogens with one attached hydrogen (secondary N) is 1. The summed E-state index contributed by atoms with van der Waals surface area (Å²) in [5.41, 5.74) is 13.1. The Labute approximate surface area is 83.9 Å². The average molecular weight is 195 g/mol. The van der Waals surface area contributed by atoms with Crippen LogP contribution in [-0.2, 0) is 0 Å². The van der Waals surface area contributed by atoms with E-state index in [0.29, 0.717) is 17.9 Å². The Morgan fingerprint density at radius 2 is 2.14 bits per heavy atom. The predicted molar refractivity (Wildman–Crippen MR) is 59.4 cm³/mol. The van der Waals surface area contributed by atoms with Crippen LogP contribution in [0.4, 0.5) is 11.4 Å². The molecular formula is C10H17N3O. The number of nitrogen functional groups attached to an aromatic ring is 1. The summed E-state index contributed by atoms with van der Waals surface area (Å²) in [5.74, 6) is 0.224. The Morgan fingerprint density at radius 3 is 2.79 bits per heavy atom. The first-order chi connectivity index (χ1) is 6.66. The van der Waals surface area contributed by atoms with Crippen LogP contribution in [0.3, 0.4) is 0 Å². The van der Waals surface area contributed by atoms with Crippen LogP contribution in [-0.4, -0.2) is 18.2 Å². The highest BCUT2D eigenvalue weighted by Crippen LogP contribution is 2.32. The molecule has 6 N–H and O–H groups in total. The second kappa shape index (κ2) is 4.72. The molecule has 0 spiro atoms. The lowest BCUT2D eigenvalue weighted by molar-refractivity contribution is 0.473. The quantitative estimate of drug-likeness (QED) is 0.328. The Bertz CT molecular complexity index is 312. The lowest BCUT2D eigenvalue weighted by atomic mass is 10.1. The van der Waals surface area contributed by atoms with E-state index in [1.807, 2.05) is 6.92 Å². The second-order valence-electron chi connectivity index (χ2n) is 3.26. The third kappa shape index (κ3) is 2.29. The Balaban J connectivity index is 2.79. The van der Waals surface area contributed by atoms with E-state index in [0.717, 1.165) is 18.5 Å². The zero-order chi connectivity index (χ0) is 10.6. The molecule has 14 heavy (non-hydrogen) atoms. The van der Waals surface area contributed by atoms with Crippen molar-refractivity contribution in [1.29, 1.82) is 0 Å². The standard InChI is InChI=1S/C10H17N3O/c1-7-3-4-8(12)9(10(7)14)13-6-2-5-11/h3-4,13-14H,2,5-6,11-12H2,1H3. The number of hydrogen-bond donors (Lipinski definition) is 4. The summed E-state index contributed by atoms with van der Waals surface area (Å²) >= 11 is 0. The first-order valence-corrected chi connectivity index (χ1v) is 4.68. The smallest absolute Gasteiger partial charge is 0.143 e. The molecule has 78 valence electrons. The van der Waals surface area contributed by atoms with Crippen molar-refractivity contribution in [3.63, 3.8) is 0 Å². The van der Waals surface area contributed by atoms with E-state index in [-0.39, 0.29) is 5.75 Å². The minimum atomic E-state index is 0.224. The number of aryl methyl sites for hydroxylation is 1. The summed E-state index contributed by atoms with van der Waals surface area (Å²) in [6.45, 7) is 3.18. The molecule has 4 heteroatoms. The van der Waals surface area contributed by atoms with Gasteiger partial charge in [-0.2, -0.15) is 0 Å². The van der Waals surface area contributed by atoms with Gasteiger partial charge in [0.15, 0.2) is 0 Å². The van der Waals surface area contributed by atoms with E-state index in [2.05, 4.69) is 5.32 Å². The number of anilines is 2. The number of phenolic OH excluding ortho intramolecular Hbond substituents is 1. The van der Waals surface area contributed by atoms with Crippen LogP contribution in [0.25, 0.3) is 0 Å². The van der Waals surface area contributed by atoms with Gasteiger partial charge in [-0.15, -0.1) is 0 Å². The molecule has 0 radical (unpaired) electrons. The molecule has 4 nitrogen and oxygen atoms in total. The summed E-state index contributed by atoms with van der Waals surface area (Å²) < 4.78 is 0. The Hall–Kier alpha value is -1.42. The fourth-order valence-corrected chi connectivity index (χ4v) is 1.21. The van der Waals surface area contributed by atoms with Crippen molar-refractivity contribution < 1.29 is 5.11 Å². The van der Waals surface area contributed by atoms with E-state index in [1.54, 1.807) is 12.1 Å². The third-order valence-electron chi connectivity index (χ3n) is 2.09. The molecule has 0 amide bonds. The summed E-state index contributed by atoms with van der Waals surface area (Å²) in [7, 11) is 0. The number of rotatable bonds is 4. The van der Waals surface area contributed by atoms with Crippen molar-refractivity contribution in [3.8, 4) is 5.75 Å². The molecule has 0 heterocycles. The van der Waals surface area contributed by atoms with Crippen LogP contribution in [0.15, 0.2) is 12.1 Å². The molecule has 0 fully saturated rings. The fourth-order valence-electron chi connectivity index (χ4n) is 1.21. The van der Waals surface area contributed by atoms with Gasteiger partial charge in [0.25, 0.3) is 0 Å². The minimum Gasteiger partial charge on any atom is -0.505 e. The van der Waals surface area contributed by atoms with Crippen molar-refractivity contribution in [3.05, 3.63) is 17.7 Å². The van der Waals surface area contributed by atoms with Gasteiger partial charge in [-0.05, 0) is 31.5 Å². The highest BCUT2D eigenvalue weighted by molar-refractivity contribution is 5.74. The molecule has 0 atom stereocenters. The van der Waals surface area contributed by atoms with Gasteiger partial charge >= 0.3 is 0 Å². The van der Waals surface area contributed by atoms with Crippen molar-refractivity contribution in [2.24, 2.45) is 5.73 Å². The van der Waals surface area contributed by atoms with Gasteiger partial charge in [-0.1, -0.05) is 6.07 Å². The monoisotopic (exact) mass is 195 g/mol. The summed E-state index contributed by atoms with van der Waals surface area (Å²) in [4.78, 5) is 0. The van der Waals surface area contributed by atoms with Crippen LogP contribution < -0.4 is 16.8 Å². The van der Waals surface area contributed by atoms with Crippen molar-refractivity contribution in [2.75, 3.05) is 24.1 Å². The third-order valence-corrected chi connectivity index (χ3v) is 2.09. The maximum absolute atomic E-state index is 9.70. The number of phenols is 1. The van der Waals surface area contributed by atoms with E-state index in [1.165, 1.54) is 0 Å². The summed E-state index contributed by atoms with van der Waals surface area (Å²) in [6.07, 6.45) is 0.854. The van der Waals surface area contributed by atoms with Crippen LogP contribution in [0.2, 0.25) is 0 Å². The number of nitrogens with two attached hydrogens (primary N) is 2. The molecule has 0 aliphatic carbocycles. The maximum atomic E-state index is 9.70. The normalized spacial score (nSPS) is 10.1. The Morgan fingerprint density at radius 1 is 1.43 bits per heavy atom. The molecule has 0 aliphatic heterocycles. The van der Waals surface area contributed by atoms with E-state index < -0.39 is 0 Å². The summed E-state index contributed by atoms with van der Waals surface area (Å²) in [6, 6.07) is 3.57. The second-order valence-corrected chi connectivity index (χ2v) is 3.26. The Kier molecular flexibility index (Phi) is 3.59. The predicted octanol–water partition coefficient (Wildman–Crippen LogP) is 1.04. The van der Waals surface area contributed by atoms with Crippen molar-refractivity contribution in [1.82, 2.24) is 0 Å². The number of aromatic hydroxyl groups is 1. The van der Waals surface area contributed by atoms with Crippen LogP contribution in [0, 0.1) is 6.92 Å². The van der Waals surface area contributed by atoms with Gasteiger partial charge in [-0.3, -0.25) is 0 Å². The van der Waals surface area contributed by atoms with Crippen molar-refractivity contribution in [2.45, 2.75) is 13.3 Å². The van der Waals surface area contributed by atoms with Gasteiger partial charge in [0.05, 0.1) is 5.69 Å². The highest BCUT2D eigenvalue weighted by Gasteiger charge is 2.06. The van der Waals surface area contributed by atoms with E-state index >= 15 is 0 Å². The van der Waals surface area contributed by atoms with Gasteiger partial charge in [0.2, 0.25) is 0 Å². The highest BCUT2D eigenvalue weighted by atomic mass is 16.3. The molecule has 0 saturated heterocycles. The number of benzene rings is 1. The van der Waals surface area contributed by atoms with Gasteiger partial charge < -0.3 is 21.9 Å². The first kappa shape index (κ1) is 10.7. The lowest BCUT2D eigenvalue weighted by Gasteiger charge is -2.12. The number of hydrogen-bond acceptors (Lipinski definition) is 4. The summed E-state index contributed by atoms with van der Waals surface area (Å²) in [5, 5.41) is 12.8. The average Bonchev–Trinajstić information content (AvgIpc) is 2.18. The van der Waals surface area contributed by atoms with Crippen LogP contribution in [0.5, 0.6) is 5.75 Å². The molecule has 0 aromatic heterocycles. The fraction of sp³-hybridized carbons (Fsp3) is 0.400. The minimum absolute atomic E-state index is 0.224. The molecule has 0 aliphatic rings. The van der Waals surface area contributed by atoms with Gasteiger partial charge in [-0.25, -0.2) is 0 Å². The van der Waals surface area contributed by atoms with Crippen LogP contribution >= 0.6 is 0 Å². The molecule has 0 bridgehead atoms. The molecule has 1 rings (SSSR count). The first-order valence-electron chi connectivity index (χ1n) is 4.68. The van der Waals surface area contributed by atoms with Crippen molar-refractivity contribution >= 4 is 11.4 Å². The largest absolute Gasteiger partial charge is 0.505 e. The van der Waals surface area contributed by atoms with E-state index in [9.17, 15) is 5.11 Å². The topological polar surface area (TPSA) is 84.3 Å². The van der Waals surface area contributed by atoms with Gasteiger partial charge in [0, 0.05) is 6.54 Å². The zero-order valence-electron chi connectivity index (χ0n) is 8.38. The van der Waals surface area contributed by atoms with E-state index in [4.69, 9.17) is 11.5 Å². The molecule has 1 aromatic carbocycles. The molecule has 0 saturated carbocycles. The molecule has 1 aromatic rings. The molecular weight excluding hydrogens is 178 g/mol. The maximum Gasteiger partial charge on any atom is 0.143 e. The van der Waals surface area contributed by atoms with Gasteiger partial charge in [0.1, 0.15) is 11.4 Å². The zero-order valence-corrected chi connectivity index (χ0v) is 8.38. The lowest BCUT2D eigenvalue weighted by Crippen LogP contribution is -2.10. The van der Waals surface area contributed by atoms with Crippen LogP contribution in [0.1, 0.15) is 12.0 Å². The SMILES string of the molecule is Cc1ccc(N)c(NCCCN)c1O.